The lowest BCUT2D eigenvalue weighted by Crippen LogP contribution is -2.34. The van der Waals surface area contributed by atoms with Crippen molar-refractivity contribution in [1.82, 2.24) is 5.32 Å². The second-order valence-electron chi connectivity index (χ2n) is 4.55. The van der Waals surface area contributed by atoms with Crippen LogP contribution in [0.3, 0.4) is 0 Å². The number of rotatable bonds is 6. The summed E-state index contributed by atoms with van der Waals surface area (Å²) >= 11 is 0. The summed E-state index contributed by atoms with van der Waals surface area (Å²) in [4.78, 5) is 0. The van der Waals surface area contributed by atoms with Gasteiger partial charge in [-0.15, -0.1) is 0 Å². The Morgan fingerprint density at radius 1 is 1.44 bits per heavy atom. The lowest BCUT2D eigenvalue weighted by Gasteiger charge is -2.14. The molecule has 0 saturated heterocycles. The van der Waals surface area contributed by atoms with Crippen molar-refractivity contribution < 1.29 is 9.13 Å². The first kappa shape index (κ1) is 14.5. The Kier molecular flexibility index (Phi) is 5.60. The van der Waals surface area contributed by atoms with Crippen LogP contribution in [0, 0.1) is 24.1 Å². The lowest BCUT2D eigenvalue weighted by atomic mass is 10.2. The third-order valence-corrected chi connectivity index (χ3v) is 2.51. The van der Waals surface area contributed by atoms with E-state index in [1.54, 1.807) is 19.1 Å². The van der Waals surface area contributed by atoms with Gasteiger partial charge in [0.05, 0.1) is 18.7 Å². The summed E-state index contributed by atoms with van der Waals surface area (Å²) in [5, 5.41) is 12.0. The van der Waals surface area contributed by atoms with Crippen LogP contribution in [0.2, 0.25) is 0 Å². The monoisotopic (exact) mass is 250 g/mol. The van der Waals surface area contributed by atoms with E-state index in [4.69, 9.17) is 10.00 Å². The number of ether oxygens (including phenoxy) is 1. The Balaban J connectivity index is 2.41. The van der Waals surface area contributed by atoms with E-state index in [9.17, 15) is 4.39 Å². The van der Waals surface area contributed by atoms with Crippen LogP contribution in [0.5, 0.6) is 5.75 Å². The van der Waals surface area contributed by atoms with Crippen LogP contribution in [-0.2, 0) is 0 Å². The number of benzene rings is 1. The Morgan fingerprint density at radius 3 is 2.72 bits per heavy atom. The highest BCUT2D eigenvalue weighted by Gasteiger charge is 2.08. The van der Waals surface area contributed by atoms with Crippen molar-refractivity contribution in [3.05, 3.63) is 29.6 Å². The average molecular weight is 250 g/mol. The minimum absolute atomic E-state index is 0.236. The number of hydrogen-bond acceptors (Lipinski definition) is 3. The summed E-state index contributed by atoms with van der Waals surface area (Å²) in [6, 6.07) is 6.97. The quantitative estimate of drug-likeness (QED) is 0.844. The first-order chi connectivity index (χ1) is 8.52. The minimum Gasteiger partial charge on any atom is -0.493 e. The number of halogens is 1. The number of hydrogen-bond donors (Lipinski definition) is 1. The molecule has 98 valence electrons. The maximum absolute atomic E-state index is 13.3. The van der Waals surface area contributed by atoms with Gasteiger partial charge >= 0.3 is 0 Å². The highest BCUT2D eigenvalue weighted by atomic mass is 19.1. The van der Waals surface area contributed by atoms with Crippen molar-refractivity contribution in [2.45, 2.75) is 39.3 Å². The Bertz CT molecular complexity index is 426. The molecule has 4 heteroatoms. The largest absolute Gasteiger partial charge is 0.493 e. The maximum Gasteiger partial charge on any atom is 0.129 e. The number of aryl methyl sites for hydroxylation is 1. The number of nitrogens with one attached hydrogen (secondary N) is 1. The van der Waals surface area contributed by atoms with E-state index in [2.05, 4.69) is 11.4 Å². The zero-order chi connectivity index (χ0) is 13.5. The van der Waals surface area contributed by atoms with Crippen LogP contribution < -0.4 is 10.1 Å². The van der Waals surface area contributed by atoms with Crippen LogP contribution >= 0.6 is 0 Å². The Labute approximate surface area is 108 Å². The van der Waals surface area contributed by atoms with Crippen molar-refractivity contribution in [1.29, 1.82) is 5.26 Å². The van der Waals surface area contributed by atoms with Gasteiger partial charge in [0.1, 0.15) is 11.6 Å². The molecular formula is C14H19FN2O. The van der Waals surface area contributed by atoms with Crippen molar-refractivity contribution in [3.8, 4) is 11.8 Å². The fourth-order valence-electron chi connectivity index (χ4n) is 1.55. The maximum atomic E-state index is 13.3. The number of nitriles is 1. The minimum atomic E-state index is -0.273. The van der Waals surface area contributed by atoms with Crippen LogP contribution in [-0.4, -0.2) is 18.7 Å². The molecule has 0 radical (unpaired) electrons. The first-order valence-electron chi connectivity index (χ1n) is 6.07. The molecule has 0 bridgehead atoms. The zero-order valence-corrected chi connectivity index (χ0v) is 11.0. The highest BCUT2D eigenvalue weighted by molar-refractivity contribution is 5.27. The third kappa shape index (κ3) is 4.72. The van der Waals surface area contributed by atoms with E-state index in [1.807, 2.05) is 13.8 Å². The predicted octanol–water partition coefficient (Wildman–Crippen LogP) is 2.79. The second kappa shape index (κ2) is 6.97. The van der Waals surface area contributed by atoms with Crippen molar-refractivity contribution in [2.24, 2.45) is 0 Å². The molecular weight excluding hydrogens is 231 g/mol. The van der Waals surface area contributed by atoms with Crippen LogP contribution in [0.25, 0.3) is 0 Å². The summed E-state index contributed by atoms with van der Waals surface area (Å²) in [5.74, 6) is 0.226. The van der Waals surface area contributed by atoms with Crippen LogP contribution in [0.15, 0.2) is 18.2 Å². The van der Waals surface area contributed by atoms with Crippen molar-refractivity contribution in [3.63, 3.8) is 0 Å². The van der Waals surface area contributed by atoms with E-state index in [1.165, 1.54) is 6.07 Å². The third-order valence-electron chi connectivity index (χ3n) is 2.51. The molecule has 0 heterocycles. The van der Waals surface area contributed by atoms with Gasteiger partial charge in [-0.3, -0.25) is 5.32 Å². The molecule has 1 aromatic rings. The second-order valence-corrected chi connectivity index (χ2v) is 4.55. The molecule has 1 atom stereocenters. The summed E-state index contributed by atoms with van der Waals surface area (Å²) in [6.45, 7) is 6.07. The Hall–Kier alpha value is -1.60. The van der Waals surface area contributed by atoms with Gasteiger partial charge in [0.25, 0.3) is 0 Å². The van der Waals surface area contributed by atoms with Gasteiger partial charge in [-0.1, -0.05) is 6.07 Å². The lowest BCUT2D eigenvalue weighted by molar-refractivity contribution is 0.293. The van der Waals surface area contributed by atoms with Gasteiger partial charge in [-0.05, 0) is 32.4 Å². The first-order valence-corrected chi connectivity index (χ1v) is 6.07. The molecule has 0 aromatic heterocycles. The molecule has 0 saturated carbocycles. The summed E-state index contributed by atoms with van der Waals surface area (Å²) < 4.78 is 18.7. The van der Waals surface area contributed by atoms with Gasteiger partial charge in [0, 0.05) is 18.5 Å². The van der Waals surface area contributed by atoms with Crippen molar-refractivity contribution >= 4 is 0 Å². The van der Waals surface area contributed by atoms with E-state index >= 15 is 0 Å². The SMILES string of the molecule is Cc1ccc(OCCC(C#N)NC(C)C)cc1F. The molecule has 0 amide bonds. The van der Waals surface area contributed by atoms with Crippen LogP contribution in [0.1, 0.15) is 25.8 Å². The molecule has 0 fully saturated rings. The van der Waals surface area contributed by atoms with E-state index in [0.29, 0.717) is 24.3 Å². The predicted molar refractivity (Wildman–Crippen MR) is 68.9 cm³/mol. The van der Waals surface area contributed by atoms with Gasteiger partial charge in [0.2, 0.25) is 0 Å². The smallest absolute Gasteiger partial charge is 0.129 e. The highest BCUT2D eigenvalue weighted by Crippen LogP contribution is 2.16. The normalized spacial score (nSPS) is 12.2. The topological polar surface area (TPSA) is 45.0 Å². The van der Waals surface area contributed by atoms with Gasteiger partial charge in [0.15, 0.2) is 0 Å². The van der Waals surface area contributed by atoms with E-state index in [0.717, 1.165) is 0 Å². The summed E-state index contributed by atoms with van der Waals surface area (Å²) in [6.07, 6.45) is 0.574. The molecule has 1 rings (SSSR count). The molecule has 0 aliphatic carbocycles. The number of nitrogens with zero attached hydrogens (tertiary/aromatic N) is 1. The van der Waals surface area contributed by atoms with E-state index in [-0.39, 0.29) is 17.9 Å². The molecule has 1 unspecified atom stereocenters. The molecule has 3 nitrogen and oxygen atoms in total. The standard InChI is InChI=1S/C14H19FN2O/c1-10(2)17-12(9-16)6-7-18-13-5-4-11(3)14(15)8-13/h4-5,8,10,12,17H,6-7H2,1-3H3. The van der Waals surface area contributed by atoms with E-state index < -0.39 is 0 Å². The molecule has 1 aromatic carbocycles. The molecule has 0 aliphatic heterocycles. The average Bonchev–Trinajstić information content (AvgIpc) is 2.32. The molecule has 18 heavy (non-hydrogen) atoms. The fourth-order valence-corrected chi connectivity index (χ4v) is 1.55. The van der Waals surface area contributed by atoms with Gasteiger partial charge in [-0.2, -0.15) is 5.26 Å². The van der Waals surface area contributed by atoms with Gasteiger partial charge < -0.3 is 4.74 Å². The molecule has 0 spiro atoms. The zero-order valence-electron chi connectivity index (χ0n) is 11.0. The summed E-state index contributed by atoms with van der Waals surface area (Å²) in [5.41, 5.74) is 0.596. The summed E-state index contributed by atoms with van der Waals surface area (Å²) in [7, 11) is 0. The Morgan fingerprint density at radius 2 is 2.17 bits per heavy atom. The van der Waals surface area contributed by atoms with Crippen molar-refractivity contribution in [2.75, 3.05) is 6.61 Å². The fraction of sp³-hybridized carbons (Fsp3) is 0.500. The molecule has 1 N–H and O–H groups in total. The molecule has 0 aliphatic rings. The van der Waals surface area contributed by atoms with Crippen LogP contribution in [0.4, 0.5) is 4.39 Å². The van der Waals surface area contributed by atoms with Gasteiger partial charge in [-0.25, -0.2) is 4.39 Å².